The lowest BCUT2D eigenvalue weighted by Gasteiger charge is -2.16. The molecule has 1 atom stereocenters. The van der Waals surface area contributed by atoms with Crippen molar-refractivity contribution in [2.45, 2.75) is 6.04 Å². The van der Waals surface area contributed by atoms with E-state index >= 15 is 0 Å². The number of aliphatic hydroxyl groups is 1. The number of aldehydes is 1. The van der Waals surface area contributed by atoms with Gasteiger partial charge < -0.3 is 15.2 Å². The lowest BCUT2D eigenvalue weighted by atomic mass is 10.3. The van der Waals surface area contributed by atoms with E-state index in [-0.39, 0.29) is 35.8 Å². The first kappa shape index (κ1) is 12.8. The molecule has 1 aromatic heterocycles. The monoisotopic (exact) mass is 245 g/mol. The van der Waals surface area contributed by atoms with E-state index < -0.39 is 0 Å². The Hall–Kier alpha value is -1.24. The maximum Gasteiger partial charge on any atom is 0.156 e. The summed E-state index contributed by atoms with van der Waals surface area (Å²) in [5.41, 5.74) is 0.165. The molecule has 0 spiro atoms. The smallest absolute Gasteiger partial charge is 0.156 e. The van der Waals surface area contributed by atoms with Crippen LogP contribution in [0.1, 0.15) is 10.4 Å². The van der Waals surface area contributed by atoms with Gasteiger partial charge in [0, 0.05) is 7.11 Å². The third-order valence-corrected chi connectivity index (χ3v) is 2.18. The van der Waals surface area contributed by atoms with E-state index in [1.54, 1.807) is 0 Å². The van der Waals surface area contributed by atoms with E-state index in [4.69, 9.17) is 21.4 Å². The predicted octanol–water partition coefficient (Wildman–Crippen LogP) is 0.362. The molecule has 6 nitrogen and oxygen atoms in total. The van der Waals surface area contributed by atoms with Crippen LogP contribution in [0.4, 0.5) is 5.82 Å². The van der Waals surface area contributed by atoms with Gasteiger partial charge in [0.25, 0.3) is 0 Å². The van der Waals surface area contributed by atoms with Crippen LogP contribution in [0.15, 0.2) is 6.33 Å². The fourth-order valence-electron chi connectivity index (χ4n) is 1.13. The molecule has 1 aromatic rings. The molecule has 0 bridgehead atoms. The van der Waals surface area contributed by atoms with Gasteiger partial charge in [0.15, 0.2) is 6.29 Å². The summed E-state index contributed by atoms with van der Waals surface area (Å²) in [4.78, 5) is 18.3. The van der Waals surface area contributed by atoms with Crippen molar-refractivity contribution in [2.24, 2.45) is 0 Å². The second-order valence-electron chi connectivity index (χ2n) is 3.02. The van der Waals surface area contributed by atoms with Gasteiger partial charge in [0.2, 0.25) is 0 Å². The zero-order chi connectivity index (χ0) is 12.0. The van der Waals surface area contributed by atoms with Gasteiger partial charge in [-0.15, -0.1) is 0 Å². The standard InChI is InChI=1S/C9H12ClN3O3/c1-16-4-6(2-14)13-9-7(3-15)8(10)11-5-12-9/h3,5-6,14H,2,4H2,1H3,(H,11,12,13). The molecule has 88 valence electrons. The van der Waals surface area contributed by atoms with Crippen LogP contribution in [0.5, 0.6) is 0 Å². The summed E-state index contributed by atoms with van der Waals surface area (Å²) in [5.74, 6) is 0.283. The molecule has 1 heterocycles. The summed E-state index contributed by atoms with van der Waals surface area (Å²) in [6.45, 7) is 0.143. The number of methoxy groups -OCH3 is 1. The van der Waals surface area contributed by atoms with Crippen LogP contribution >= 0.6 is 11.6 Å². The quantitative estimate of drug-likeness (QED) is 0.556. The zero-order valence-electron chi connectivity index (χ0n) is 8.68. The summed E-state index contributed by atoms with van der Waals surface area (Å²) < 4.78 is 4.88. The van der Waals surface area contributed by atoms with E-state index in [9.17, 15) is 4.79 Å². The molecule has 0 amide bonds. The summed E-state index contributed by atoms with van der Waals surface area (Å²) in [7, 11) is 1.51. The third-order valence-electron chi connectivity index (χ3n) is 1.88. The number of rotatable bonds is 6. The fourth-order valence-corrected chi connectivity index (χ4v) is 1.31. The number of nitrogens with zero attached hydrogens (tertiary/aromatic N) is 2. The number of nitrogens with one attached hydrogen (secondary N) is 1. The molecule has 16 heavy (non-hydrogen) atoms. The Bertz CT molecular complexity index is 362. The highest BCUT2D eigenvalue weighted by atomic mass is 35.5. The van der Waals surface area contributed by atoms with Crippen molar-refractivity contribution >= 4 is 23.7 Å². The van der Waals surface area contributed by atoms with Crippen LogP contribution < -0.4 is 5.32 Å². The molecular weight excluding hydrogens is 234 g/mol. The first-order valence-corrected chi connectivity index (χ1v) is 4.92. The number of hydrogen-bond donors (Lipinski definition) is 2. The normalized spacial score (nSPS) is 12.2. The van der Waals surface area contributed by atoms with Crippen LogP contribution in [0.3, 0.4) is 0 Å². The largest absolute Gasteiger partial charge is 0.394 e. The van der Waals surface area contributed by atoms with Crippen LogP contribution in [-0.4, -0.2) is 47.7 Å². The fraction of sp³-hybridized carbons (Fsp3) is 0.444. The number of halogens is 1. The van der Waals surface area contributed by atoms with Crippen LogP contribution in [0.25, 0.3) is 0 Å². The van der Waals surface area contributed by atoms with E-state index in [0.717, 1.165) is 0 Å². The van der Waals surface area contributed by atoms with Gasteiger partial charge in [-0.25, -0.2) is 9.97 Å². The Morgan fingerprint density at radius 1 is 1.69 bits per heavy atom. The Balaban J connectivity index is 2.86. The van der Waals surface area contributed by atoms with Gasteiger partial charge in [0.05, 0.1) is 24.8 Å². The number of aliphatic hydroxyl groups excluding tert-OH is 1. The molecule has 0 aliphatic carbocycles. The number of carbonyl (C=O) groups excluding carboxylic acids is 1. The van der Waals surface area contributed by atoms with Crippen molar-refractivity contribution in [3.05, 3.63) is 17.0 Å². The van der Waals surface area contributed by atoms with E-state index in [1.807, 2.05) is 0 Å². The van der Waals surface area contributed by atoms with E-state index in [2.05, 4.69) is 15.3 Å². The van der Waals surface area contributed by atoms with E-state index in [1.165, 1.54) is 13.4 Å². The van der Waals surface area contributed by atoms with Crippen molar-refractivity contribution in [1.82, 2.24) is 9.97 Å². The third kappa shape index (κ3) is 3.13. The molecule has 0 aliphatic rings. The maximum absolute atomic E-state index is 10.8. The Labute approximate surface area is 97.6 Å². The number of aromatic nitrogens is 2. The number of anilines is 1. The van der Waals surface area contributed by atoms with Crippen LogP contribution in [-0.2, 0) is 4.74 Å². The van der Waals surface area contributed by atoms with Gasteiger partial charge in [0.1, 0.15) is 17.3 Å². The average molecular weight is 246 g/mol. The second-order valence-corrected chi connectivity index (χ2v) is 3.38. The van der Waals surface area contributed by atoms with Gasteiger partial charge in [-0.05, 0) is 0 Å². The van der Waals surface area contributed by atoms with Gasteiger partial charge in [-0.2, -0.15) is 0 Å². The average Bonchev–Trinajstić information content (AvgIpc) is 2.28. The van der Waals surface area contributed by atoms with Gasteiger partial charge >= 0.3 is 0 Å². The maximum atomic E-state index is 10.8. The topological polar surface area (TPSA) is 84.3 Å². The molecule has 0 aromatic carbocycles. The van der Waals surface area contributed by atoms with Gasteiger partial charge in [-0.1, -0.05) is 11.6 Å². The van der Waals surface area contributed by atoms with E-state index in [0.29, 0.717) is 6.29 Å². The predicted molar refractivity (Wildman–Crippen MR) is 58.8 cm³/mol. The molecule has 0 saturated carbocycles. The van der Waals surface area contributed by atoms with Crippen molar-refractivity contribution in [2.75, 3.05) is 25.6 Å². The van der Waals surface area contributed by atoms with Gasteiger partial charge in [-0.3, -0.25) is 4.79 Å². The van der Waals surface area contributed by atoms with Crippen molar-refractivity contribution < 1.29 is 14.6 Å². The minimum absolute atomic E-state index is 0.0709. The first-order valence-electron chi connectivity index (χ1n) is 4.55. The molecule has 0 radical (unpaired) electrons. The van der Waals surface area contributed by atoms with Crippen LogP contribution in [0.2, 0.25) is 5.15 Å². The summed E-state index contributed by atoms with van der Waals surface area (Å²) >= 11 is 5.72. The second kappa shape index (κ2) is 6.37. The Morgan fingerprint density at radius 2 is 2.44 bits per heavy atom. The SMILES string of the molecule is COCC(CO)Nc1ncnc(Cl)c1C=O. The summed E-state index contributed by atoms with van der Waals surface area (Å²) in [5, 5.41) is 12.0. The lowest BCUT2D eigenvalue weighted by Crippen LogP contribution is -2.29. The number of hydrogen-bond acceptors (Lipinski definition) is 6. The molecule has 7 heteroatoms. The molecular formula is C9H12ClN3O3. The minimum atomic E-state index is -0.352. The highest BCUT2D eigenvalue weighted by Gasteiger charge is 2.13. The molecule has 2 N–H and O–H groups in total. The highest BCUT2D eigenvalue weighted by molar-refractivity contribution is 6.32. The Morgan fingerprint density at radius 3 is 3.00 bits per heavy atom. The highest BCUT2D eigenvalue weighted by Crippen LogP contribution is 2.17. The molecule has 1 rings (SSSR count). The number of ether oxygens (including phenoxy) is 1. The molecule has 0 fully saturated rings. The minimum Gasteiger partial charge on any atom is -0.394 e. The molecule has 1 unspecified atom stereocenters. The lowest BCUT2D eigenvalue weighted by molar-refractivity contribution is 0.112. The van der Waals surface area contributed by atoms with Crippen molar-refractivity contribution in [3.63, 3.8) is 0 Å². The number of carbonyl (C=O) groups is 1. The summed E-state index contributed by atoms with van der Waals surface area (Å²) in [6.07, 6.45) is 1.80. The first-order chi connectivity index (χ1) is 7.72. The summed E-state index contributed by atoms with van der Waals surface area (Å²) in [6, 6.07) is -0.352. The zero-order valence-corrected chi connectivity index (χ0v) is 9.44. The van der Waals surface area contributed by atoms with Crippen molar-refractivity contribution in [1.29, 1.82) is 0 Å². The Kier molecular flexibility index (Phi) is 5.10. The molecule has 0 aliphatic heterocycles. The van der Waals surface area contributed by atoms with Crippen molar-refractivity contribution in [3.8, 4) is 0 Å². The molecule has 0 saturated heterocycles. The van der Waals surface area contributed by atoms with Crippen LogP contribution in [0, 0.1) is 0 Å².